The lowest BCUT2D eigenvalue weighted by molar-refractivity contribution is -0.838. The van der Waals surface area contributed by atoms with E-state index >= 15 is 0 Å². The topological polar surface area (TPSA) is 160 Å². The van der Waals surface area contributed by atoms with Gasteiger partial charge in [-0.1, -0.05) is 0 Å². The Bertz CT molecular complexity index is 657. The van der Waals surface area contributed by atoms with E-state index in [9.17, 15) is 20.2 Å². The number of quaternary nitrogens is 1. The second kappa shape index (κ2) is 6.43. The number of H-pyrrole nitrogens is 1. The van der Waals surface area contributed by atoms with E-state index in [-0.39, 0.29) is 37.3 Å². The van der Waals surface area contributed by atoms with Crippen molar-refractivity contribution in [3.63, 3.8) is 0 Å². The van der Waals surface area contributed by atoms with E-state index < -0.39 is 21.2 Å². The standard InChI is InChI=1S/C11H13N5O6/c17-3-1-14(2-4-18)11-12-7-5-9(15(19)20)10(16(21)22)6-8(7)13-11/h5-6,17-18H,1-4H2,(H,12,13)/p+1. The molecule has 0 radical (unpaired) electrons. The Morgan fingerprint density at radius 1 is 1.09 bits per heavy atom. The summed E-state index contributed by atoms with van der Waals surface area (Å²) in [5.74, 6) is 0.341. The van der Waals surface area contributed by atoms with Crippen molar-refractivity contribution < 1.29 is 25.0 Å². The maximum Gasteiger partial charge on any atom is 0.348 e. The summed E-state index contributed by atoms with van der Waals surface area (Å²) in [6, 6.07) is 2.09. The lowest BCUT2D eigenvalue weighted by Gasteiger charge is -2.12. The number of nitrogens with zero attached hydrogens (tertiary/aromatic N) is 3. The zero-order valence-electron chi connectivity index (χ0n) is 11.4. The van der Waals surface area contributed by atoms with Crippen molar-refractivity contribution in [1.29, 1.82) is 0 Å². The molecular formula is C11H14N5O6+. The Hall–Kier alpha value is -2.63. The highest BCUT2D eigenvalue weighted by Gasteiger charge is 2.27. The molecule has 0 bridgehead atoms. The van der Waals surface area contributed by atoms with Crippen LogP contribution in [0.1, 0.15) is 0 Å². The molecule has 0 saturated heterocycles. The molecule has 2 rings (SSSR count). The van der Waals surface area contributed by atoms with Crippen LogP contribution >= 0.6 is 0 Å². The number of nitrogens with one attached hydrogen (secondary N) is 2. The zero-order valence-corrected chi connectivity index (χ0v) is 11.4. The van der Waals surface area contributed by atoms with Crippen LogP contribution in [0, 0.1) is 20.2 Å². The summed E-state index contributed by atoms with van der Waals surface area (Å²) >= 11 is 0. The maximum absolute atomic E-state index is 10.9. The molecule has 118 valence electrons. The second-order valence-corrected chi connectivity index (χ2v) is 4.51. The fraction of sp³-hybridized carbons (Fsp3) is 0.364. The molecule has 0 saturated carbocycles. The Labute approximate surface area is 123 Å². The molecule has 1 aromatic heterocycles. The number of nitro benzene ring substituents is 2. The first kappa shape index (κ1) is 15.8. The van der Waals surface area contributed by atoms with Gasteiger partial charge in [-0.25, -0.2) is 0 Å². The SMILES string of the molecule is O=[N+]([O-])c1cc2nc([NH+](CCO)CCO)[nH]c2cc1[N+](=O)[O-]. The summed E-state index contributed by atoms with van der Waals surface area (Å²) in [6.45, 7) is 0.245. The molecule has 1 heterocycles. The van der Waals surface area contributed by atoms with Gasteiger partial charge in [0.15, 0.2) is 0 Å². The highest BCUT2D eigenvalue weighted by Crippen LogP contribution is 2.30. The van der Waals surface area contributed by atoms with Crippen molar-refractivity contribution in [2.24, 2.45) is 0 Å². The number of aromatic nitrogens is 2. The lowest BCUT2D eigenvalue weighted by Crippen LogP contribution is -3.08. The van der Waals surface area contributed by atoms with E-state index in [4.69, 9.17) is 10.2 Å². The molecule has 11 heteroatoms. The van der Waals surface area contributed by atoms with E-state index in [1.165, 1.54) is 0 Å². The predicted molar refractivity (Wildman–Crippen MR) is 73.9 cm³/mol. The van der Waals surface area contributed by atoms with Gasteiger partial charge in [0.25, 0.3) is 0 Å². The van der Waals surface area contributed by atoms with Crippen molar-refractivity contribution in [3.8, 4) is 0 Å². The van der Waals surface area contributed by atoms with Crippen molar-refractivity contribution in [3.05, 3.63) is 32.4 Å². The molecule has 0 amide bonds. The van der Waals surface area contributed by atoms with Crippen LogP contribution in [0.2, 0.25) is 0 Å². The number of aliphatic hydroxyl groups excluding tert-OH is 2. The predicted octanol–water partition coefficient (Wildman–Crippen LogP) is -1.12. The van der Waals surface area contributed by atoms with Gasteiger partial charge in [-0.2, -0.15) is 4.98 Å². The fourth-order valence-electron chi connectivity index (χ4n) is 2.13. The number of imidazole rings is 1. The number of fused-ring (bicyclic) bond motifs is 1. The number of hydrogen-bond acceptors (Lipinski definition) is 7. The van der Waals surface area contributed by atoms with Gasteiger partial charge < -0.3 is 10.2 Å². The third-order valence-electron chi connectivity index (χ3n) is 3.13. The maximum atomic E-state index is 10.9. The number of hydrogen-bond donors (Lipinski definition) is 4. The fourth-order valence-corrected chi connectivity index (χ4v) is 2.13. The zero-order chi connectivity index (χ0) is 16.3. The summed E-state index contributed by atoms with van der Waals surface area (Å²) in [4.78, 5) is 27.8. The number of aromatic amines is 1. The molecule has 0 spiro atoms. The molecule has 2 aromatic rings. The van der Waals surface area contributed by atoms with E-state index in [2.05, 4.69) is 9.97 Å². The average molecular weight is 312 g/mol. The van der Waals surface area contributed by atoms with Crippen molar-refractivity contribution in [2.75, 3.05) is 26.3 Å². The summed E-state index contributed by atoms with van der Waals surface area (Å²) in [7, 11) is 0. The molecule has 0 aliphatic rings. The van der Waals surface area contributed by atoms with Gasteiger partial charge in [-0.15, -0.1) is 0 Å². The summed E-state index contributed by atoms with van der Waals surface area (Å²) < 4.78 is 0. The third kappa shape index (κ3) is 3.00. The average Bonchev–Trinajstić information content (AvgIpc) is 2.88. The molecule has 4 N–H and O–H groups in total. The molecule has 1 aromatic carbocycles. The van der Waals surface area contributed by atoms with Crippen LogP contribution in [-0.2, 0) is 0 Å². The van der Waals surface area contributed by atoms with Gasteiger partial charge in [0.05, 0.1) is 34.6 Å². The smallest absolute Gasteiger partial charge is 0.348 e. The Morgan fingerprint density at radius 2 is 1.64 bits per heavy atom. The molecule has 0 aliphatic carbocycles. The summed E-state index contributed by atoms with van der Waals surface area (Å²) in [5.41, 5.74) is -0.777. The van der Waals surface area contributed by atoms with Gasteiger partial charge in [-0.3, -0.25) is 30.1 Å². The Kier molecular flexibility index (Phi) is 4.60. The van der Waals surface area contributed by atoms with Crippen LogP contribution in [0.3, 0.4) is 0 Å². The van der Waals surface area contributed by atoms with Gasteiger partial charge in [0, 0.05) is 6.07 Å². The molecule has 22 heavy (non-hydrogen) atoms. The van der Waals surface area contributed by atoms with E-state index in [0.717, 1.165) is 12.1 Å². The normalized spacial score (nSPS) is 11.2. The van der Waals surface area contributed by atoms with Crippen LogP contribution in [0.25, 0.3) is 11.0 Å². The highest BCUT2D eigenvalue weighted by molar-refractivity contribution is 5.83. The van der Waals surface area contributed by atoms with Crippen molar-refractivity contribution in [2.45, 2.75) is 0 Å². The summed E-state index contributed by atoms with van der Waals surface area (Å²) in [6.07, 6.45) is 0. The molecule has 0 atom stereocenters. The van der Waals surface area contributed by atoms with Crippen molar-refractivity contribution in [1.82, 2.24) is 9.97 Å². The largest absolute Gasteiger partial charge is 0.390 e. The van der Waals surface area contributed by atoms with Crippen LogP contribution < -0.4 is 4.90 Å². The van der Waals surface area contributed by atoms with Gasteiger partial charge in [0.2, 0.25) is 0 Å². The highest BCUT2D eigenvalue weighted by atomic mass is 16.6. The summed E-state index contributed by atoms with van der Waals surface area (Å²) in [5, 5.41) is 39.8. The molecule has 0 unspecified atom stereocenters. The van der Waals surface area contributed by atoms with Crippen LogP contribution in [0.4, 0.5) is 17.3 Å². The first-order valence-electron chi connectivity index (χ1n) is 6.37. The van der Waals surface area contributed by atoms with Gasteiger partial charge in [0.1, 0.15) is 18.6 Å². The van der Waals surface area contributed by atoms with Crippen molar-refractivity contribution >= 4 is 28.4 Å². The Balaban J connectivity index is 2.53. The second-order valence-electron chi connectivity index (χ2n) is 4.51. The minimum atomic E-state index is -0.835. The van der Waals surface area contributed by atoms with E-state index in [0.29, 0.717) is 10.8 Å². The number of aliphatic hydroxyl groups is 2. The number of benzene rings is 1. The monoisotopic (exact) mass is 312 g/mol. The minimum Gasteiger partial charge on any atom is -0.390 e. The van der Waals surface area contributed by atoms with Crippen LogP contribution in [0.5, 0.6) is 0 Å². The van der Waals surface area contributed by atoms with Crippen LogP contribution in [0.15, 0.2) is 12.1 Å². The van der Waals surface area contributed by atoms with Crippen LogP contribution in [-0.4, -0.2) is 56.3 Å². The first-order chi connectivity index (χ1) is 10.5. The third-order valence-corrected chi connectivity index (χ3v) is 3.13. The van der Waals surface area contributed by atoms with E-state index in [1.807, 2.05) is 0 Å². The quantitative estimate of drug-likeness (QED) is 0.372. The lowest BCUT2D eigenvalue weighted by atomic mass is 10.2. The van der Waals surface area contributed by atoms with E-state index in [1.54, 1.807) is 0 Å². The first-order valence-corrected chi connectivity index (χ1v) is 6.37. The number of rotatable bonds is 7. The minimum absolute atomic E-state index is 0.146. The van der Waals surface area contributed by atoms with Gasteiger partial charge >= 0.3 is 17.3 Å². The molecule has 0 fully saturated rings. The number of nitro groups is 2. The molecular weight excluding hydrogens is 298 g/mol. The van der Waals surface area contributed by atoms with Gasteiger partial charge in [-0.05, 0) is 0 Å². The molecule has 0 aliphatic heterocycles. The Morgan fingerprint density at radius 3 is 2.14 bits per heavy atom. The molecule has 11 nitrogen and oxygen atoms in total.